The number of nitrogens with two attached hydrogens (primary N) is 1. The van der Waals surface area contributed by atoms with Crippen LogP contribution >= 0.6 is 0 Å². The fourth-order valence-electron chi connectivity index (χ4n) is 4.14. The molecule has 2 N–H and O–H groups in total. The van der Waals surface area contributed by atoms with E-state index in [0.29, 0.717) is 16.9 Å². The van der Waals surface area contributed by atoms with Crippen molar-refractivity contribution < 1.29 is 0 Å². The molecule has 4 rings (SSSR count). The molecule has 0 heterocycles. The van der Waals surface area contributed by atoms with E-state index >= 15 is 0 Å². The SMILES string of the molecule is CC1(C)[C@@H]2CC[C@@]3(CC3N)[C@H]1C2. The Labute approximate surface area is 74.7 Å². The van der Waals surface area contributed by atoms with Crippen molar-refractivity contribution in [2.45, 2.75) is 45.6 Å². The highest BCUT2D eigenvalue weighted by Gasteiger charge is 2.69. The first-order chi connectivity index (χ1) is 5.57. The minimum atomic E-state index is 0.558. The van der Waals surface area contributed by atoms with E-state index in [1.807, 2.05) is 0 Å². The van der Waals surface area contributed by atoms with Crippen molar-refractivity contribution in [2.24, 2.45) is 28.4 Å². The quantitative estimate of drug-likeness (QED) is 0.585. The Balaban J connectivity index is 1.92. The smallest absolute Gasteiger partial charge is 0.0105 e. The maximum atomic E-state index is 6.07. The molecule has 4 atom stereocenters. The van der Waals surface area contributed by atoms with Gasteiger partial charge in [0.05, 0.1) is 0 Å². The van der Waals surface area contributed by atoms with Gasteiger partial charge in [0.25, 0.3) is 0 Å². The molecule has 4 fully saturated rings. The summed E-state index contributed by atoms with van der Waals surface area (Å²) in [5.74, 6) is 2.00. The van der Waals surface area contributed by atoms with Gasteiger partial charge < -0.3 is 5.73 Å². The average molecular weight is 165 g/mol. The van der Waals surface area contributed by atoms with Crippen molar-refractivity contribution in [3.05, 3.63) is 0 Å². The van der Waals surface area contributed by atoms with Gasteiger partial charge in [-0.1, -0.05) is 13.8 Å². The first kappa shape index (κ1) is 7.37. The Morgan fingerprint density at radius 2 is 2.00 bits per heavy atom. The van der Waals surface area contributed by atoms with E-state index in [4.69, 9.17) is 5.73 Å². The Kier molecular flexibility index (Phi) is 1.07. The fourth-order valence-corrected chi connectivity index (χ4v) is 4.14. The van der Waals surface area contributed by atoms with E-state index in [9.17, 15) is 0 Å². The molecule has 4 saturated carbocycles. The second kappa shape index (κ2) is 1.75. The lowest BCUT2D eigenvalue weighted by atomic mass is 9.44. The molecular formula is C11H19N. The summed E-state index contributed by atoms with van der Waals surface area (Å²) in [6.45, 7) is 4.91. The number of rotatable bonds is 0. The second-order valence-corrected chi connectivity index (χ2v) is 5.89. The Hall–Kier alpha value is -0.0400. The van der Waals surface area contributed by atoms with E-state index in [1.54, 1.807) is 0 Å². The zero-order valence-corrected chi connectivity index (χ0v) is 8.14. The van der Waals surface area contributed by atoms with Gasteiger partial charge in [-0.25, -0.2) is 0 Å². The fraction of sp³-hybridized carbons (Fsp3) is 1.00. The highest BCUT2D eigenvalue weighted by Crippen LogP contribution is 2.73. The zero-order chi connectivity index (χ0) is 8.56. The predicted molar refractivity (Wildman–Crippen MR) is 49.6 cm³/mol. The molecule has 4 aliphatic carbocycles. The van der Waals surface area contributed by atoms with Gasteiger partial charge in [-0.3, -0.25) is 0 Å². The summed E-state index contributed by atoms with van der Waals surface area (Å²) in [4.78, 5) is 0. The summed E-state index contributed by atoms with van der Waals surface area (Å²) < 4.78 is 0. The summed E-state index contributed by atoms with van der Waals surface area (Å²) in [6.07, 6.45) is 5.71. The Morgan fingerprint density at radius 1 is 1.33 bits per heavy atom. The van der Waals surface area contributed by atoms with Crippen molar-refractivity contribution in [3.63, 3.8) is 0 Å². The van der Waals surface area contributed by atoms with Gasteiger partial charge in [-0.15, -0.1) is 0 Å². The monoisotopic (exact) mass is 165 g/mol. The third-order valence-corrected chi connectivity index (χ3v) is 5.30. The lowest BCUT2D eigenvalue weighted by molar-refractivity contribution is -0.118. The molecule has 68 valence electrons. The zero-order valence-electron chi connectivity index (χ0n) is 8.14. The molecule has 1 spiro atoms. The van der Waals surface area contributed by atoms with Crippen LogP contribution in [0.4, 0.5) is 0 Å². The molecule has 1 heteroatoms. The molecule has 0 aliphatic heterocycles. The molecule has 12 heavy (non-hydrogen) atoms. The van der Waals surface area contributed by atoms with E-state index in [2.05, 4.69) is 13.8 Å². The van der Waals surface area contributed by atoms with Gasteiger partial charge in [0, 0.05) is 6.04 Å². The Morgan fingerprint density at radius 3 is 2.33 bits per heavy atom. The first-order valence-electron chi connectivity index (χ1n) is 5.33. The van der Waals surface area contributed by atoms with Crippen LogP contribution in [0.5, 0.6) is 0 Å². The summed E-state index contributed by atoms with van der Waals surface area (Å²) in [7, 11) is 0. The molecule has 0 saturated heterocycles. The van der Waals surface area contributed by atoms with Crippen LogP contribution in [0, 0.1) is 22.7 Å². The lowest BCUT2D eigenvalue weighted by Crippen LogP contribution is -2.54. The van der Waals surface area contributed by atoms with Crippen LogP contribution in [0.1, 0.15) is 39.5 Å². The highest BCUT2D eigenvalue weighted by molar-refractivity contribution is 5.20. The molecule has 0 amide bonds. The molecule has 0 radical (unpaired) electrons. The minimum absolute atomic E-state index is 0.558. The number of hydrogen-bond acceptors (Lipinski definition) is 1. The highest BCUT2D eigenvalue weighted by atomic mass is 14.9. The van der Waals surface area contributed by atoms with E-state index < -0.39 is 0 Å². The van der Waals surface area contributed by atoms with Crippen molar-refractivity contribution in [1.29, 1.82) is 0 Å². The van der Waals surface area contributed by atoms with Crippen molar-refractivity contribution in [2.75, 3.05) is 0 Å². The minimum Gasteiger partial charge on any atom is -0.327 e. The van der Waals surface area contributed by atoms with Crippen molar-refractivity contribution >= 4 is 0 Å². The van der Waals surface area contributed by atoms with Crippen molar-refractivity contribution in [3.8, 4) is 0 Å². The summed E-state index contributed by atoms with van der Waals surface area (Å²) in [5.41, 5.74) is 7.32. The van der Waals surface area contributed by atoms with Crippen LogP contribution in [-0.2, 0) is 0 Å². The van der Waals surface area contributed by atoms with Gasteiger partial charge in [-0.05, 0) is 48.3 Å². The molecule has 2 bridgehead atoms. The number of fused-ring (bicyclic) bond motifs is 1. The maximum Gasteiger partial charge on any atom is 0.0105 e. The molecule has 0 aromatic heterocycles. The largest absolute Gasteiger partial charge is 0.327 e. The molecule has 0 aromatic carbocycles. The van der Waals surface area contributed by atoms with Crippen LogP contribution in [-0.4, -0.2) is 6.04 Å². The van der Waals surface area contributed by atoms with Gasteiger partial charge in [0.15, 0.2) is 0 Å². The third-order valence-electron chi connectivity index (χ3n) is 5.30. The summed E-state index contributed by atoms with van der Waals surface area (Å²) >= 11 is 0. The molecule has 4 aliphatic rings. The molecular weight excluding hydrogens is 146 g/mol. The average Bonchev–Trinajstić information content (AvgIpc) is 2.60. The summed E-state index contributed by atoms with van der Waals surface area (Å²) in [5, 5.41) is 0. The first-order valence-corrected chi connectivity index (χ1v) is 5.33. The second-order valence-electron chi connectivity index (χ2n) is 5.89. The topological polar surface area (TPSA) is 26.0 Å². The van der Waals surface area contributed by atoms with Crippen LogP contribution in [0.15, 0.2) is 0 Å². The third kappa shape index (κ3) is 0.585. The maximum absolute atomic E-state index is 6.07. The van der Waals surface area contributed by atoms with Crippen LogP contribution < -0.4 is 5.73 Å². The molecule has 1 unspecified atom stereocenters. The van der Waals surface area contributed by atoms with Gasteiger partial charge in [0.1, 0.15) is 0 Å². The number of hydrogen-bond donors (Lipinski definition) is 1. The van der Waals surface area contributed by atoms with Gasteiger partial charge in [-0.2, -0.15) is 0 Å². The normalized spacial score (nSPS) is 59.8. The molecule has 1 nitrogen and oxygen atoms in total. The van der Waals surface area contributed by atoms with Gasteiger partial charge in [0.2, 0.25) is 0 Å². The van der Waals surface area contributed by atoms with E-state index in [1.165, 1.54) is 25.7 Å². The standard InChI is InChI=1S/C11H19N/c1-10(2)7-3-4-11(6-9(11)12)8(10)5-7/h7-9H,3-6,12H2,1-2H3/t7-,8+,9?,11-/m1/s1. The van der Waals surface area contributed by atoms with Crippen LogP contribution in [0.25, 0.3) is 0 Å². The summed E-state index contributed by atoms with van der Waals surface area (Å²) in [6, 6.07) is 0.558. The van der Waals surface area contributed by atoms with E-state index in [-0.39, 0.29) is 0 Å². The van der Waals surface area contributed by atoms with Crippen LogP contribution in [0.3, 0.4) is 0 Å². The lowest BCUT2D eigenvalue weighted by Gasteiger charge is -2.61. The van der Waals surface area contributed by atoms with E-state index in [0.717, 1.165) is 11.8 Å². The van der Waals surface area contributed by atoms with Crippen LogP contribution in [0.2, 0.25) is 0 Å². The van der Waals surface area contributed by atoms with Gasteiger partial charge >= 0.3 is 0 Å². The molecule has 0 aromatic rings. The predicted octanol–water partition coefficient (Wildman–Crippen LogP) is 2.16. The Bertz CT molecular complexity index is 231. The van der Waals surface area contributed by atoms with Crippen molar-refractivity contribution in [1.82, 2.24) is 0 Å².